The lowest BCUT2D eigenvalue weighted by Crippen LogP contribution is -2.25. The Labute approximate surface area is 223 Å². The number of halogens is 1. The predicted molar refractivity (Wildman–Crippen MR) is 149 cm³/mol. The maximum atomic E-state index is 11.8. The van der Waals surface area contributed by atoms with Crippen molar-refractivity contribution in [2.45, 2.75) is 135 Å². The number of allylic oxidation sites excluding steroid dienone is 2. The number of carbonyl (C=O) groups is 2. The summed E-state index contributed by atoms with van der Waals surface area (Å²) in [5.74, 6) is -0.587. The molecular weight excluding hydrogens is 543 g/mol. The van der Waals surface area contributed by atoms with Gasteiger partial charge in [-0.25, -0.2) is 0 Å². The Bertz CT molecular complexity index is 495. The summed E-state index contributed by atoms with van der Waals surface area (Å²) in [4.78, 5) is 23.5. The molecule has 0 rings (SSSR count). The van der Waals surface area contributed by atoms with E-state index in [1.807, 2.05) is 0 Å². The smallest absolute Gasteiger partial charge is 0.305 e. The lowest BCUT2D eigenvalue weighted by atomic mass is 10.1. The first kappa shape index (κ1) is 33.4. The average Bonchev–Trinajstić information content (AvgIpc) is 2.83. The van der Waals surface area contributed by atoms with Crippen LogP contribution in [-0.4, -0.2) is 40.8 Å². The number of hydrogen-bond donors (Lipinski definition) is 1. The number of unbranched alkanes of at least 4 members (excludes halogenated alkanes) is 14. The largest absolute Gasteiger partial charge is 0.463 e. The molecule has 1 atom stereocenters. The van der Waals surface area contributed by atoms with Crippen molar-refractivity contribution >= 4 is 34.5 Å². The fourth-order valence-corrected chi connectivity index (χ4v) is 4.17. The highest BCUT2D eigenvalue weighted by Crippen LogP contribution is 2.10. The summed E-state index contributed by atoms with van der Waals surface area (Å²) in [6.07, 6.45) is 24.3. The van der Waals surface area contributed by atoms with Crippen molar-refractivity contribution in [3.05, 3.63) is 12.2 Å². The number of hydrogen-bond acceptors (Lipinski definition) is 5. The minimum atomic E-state index is -0.957. The molecule has 0 aromatic rings. The second-order valence-electron chi connectivity index (χ2n) is 9.21. The van der Waals surface area contributed by atoms with Crippen molar-refractivity contribution in [1.82, 2.24) is 0 Å². The van der Waals surface area contributed by atoms with E-state index >= 15 is 0 Å². The molecule has 5 nitrogen and oxygen atoms in total. The van der Waals surface area contributed by atoms with Gasteiger partial charge < -0.3 is 14.6 Å². The van der Waals surface area contributed by atoms with Crippen LogP contribution in [-0.2, 0) is 19.1 Å². The van der Waals surface area contributed by atoms with Crippen molar-refractivity contribution < 1.29 is 24.2 Å². The van der Waals surface area contributed by atoms with Crippen LogP contribution in [0.25, 0.3) is 0 Å². The summed E-state index contributed by atoms with van der Waals surface area (Å²) in [5.41, 5.74) is 0. The second kappa shape index (κ2) is 27.0. The van der Waals surface area contributed by atoms with Crippen LogP contribution in [0.4, 0.5) is 0 Å². The van der Waals surface area contributed by atoms with Crippen LogP contribution in [0, 0.1) is 0 Å². The molecule has 0 bridgehead atoms. The van der Waals surface area contributed by atoms with Gasteiger partial charge in [-0.05, 0) is 49.4 Å². The molecule has 1 N–H and O–H groups in total. The number of esters is 2. The summed E-state index contributed by atoms with van der Waals surface area (Å²) < 4.78 is 11.3. The zero-order valence-electron chi connectivity index (χ0n) is 21.7. The summed E-state index contributed by atoms with van der Waals surface area (Å²) >= 11 is 2.38. The van der Waals surface area contributed by atoms with Gasteiger partial charge in [-0.1, -0.05) is 106 Å². The van der Waals surface area contributed by atoms with Gasteiger partial charge in [0.2, 0.25) is 0 Å². The van der Waals surface area contributed by atoms with E-state index < -0.39 is 6.10 Å². The zero-order valence-corrected chi connectivity index (χ0v) is 23.9. The SMILES string of the molecule is CCCCCCC/C=C\CCCCCCCC(=O)OCC(O)COC(=O)CCCCCCCI. The van der Waals surface area contributed by atoms with Crippen molar-refractivity contribution in [3.63, 3.8) is 0 Å². The van der Waals surface area contributed by atoms with Crippen molar-refractivity contribution in [2.24, 2.45) is 0 Å². The van der Waals surface area contributed by atoms with Crippen molar-refractivity contribution in [1.29, 1.82) is 0 Å². The Morgan fingerprint density at radius 2 is 1.09 bits per heavy atom. The molecule has 0 aliphatic rings. The number of alkyl halides is 1. The van der Waals surface area contributed by atoms with Gasteiger partial charge in [0.15, 0.2) is 0 Å². The molecule has 0 aromatic carbocycles. The van der Waals surface area contributed by atoms with Crippen LogP contribution >= 0.6 is 22.6 Å². The van der Waals surface area contributed by atoms with Gasteiger partial charge in [0.25, 0.3) is 0 Å². The van der Waals surface area contributed by atoms with E-state index in [-0.39, 0.29) is 25.2 Å². The topological polar surface area (TPSA) is 72.8 Å². The predicted octanol–water partition coefficient (Wildman–Crippen LogP) is 7.86. The fourth-order valence-electron chi connectivity index (χ4n) is 3.63. The minimum absolute atomic E-state index is 0.117. The molecule has 0 amide bonds. The molecule has 6 heteroatoms. The first-order chi connectivity index (χ1) is 16.6. The Balaban J connectivity index is 3.45. The van der Waals surface area contributed by atoms with Crippen molar-refractivity contribution in [2.75, 3.05) is 17.6 Å². The first-order valence-electron chi connectivity index (χ1n) is 13.8. The Hall–Kier alpha value is -0.630. The highest BCUT2D eigenvalue weighted by Gasteiger charge is 2.12. The molecule has 0 spiro atoms. The summed E-state index contributed by atoms with van der Waals surface area (Å²) in [7, 11) is 0. The summed E-state index contributed by atoms with van der Waals surface area (Å²) in [6.45, 7) is 2.01. The quantitative estimate of drug-likeness (QED) is 0.0383. The van der Waals surface area contributed by atoms with E-state index in [1.165, 1.54) is 68.6 Å². The van der Waals surface area contributed by atoms with E-state index in [2.05, 4.69) is 41.7 Å². The average molecular weight is 595 g/mol. The molecule has 1 unspecified atom stereocenters. The lowest BCUT2D eigenvalue weighted by Gasteiger charge is -2.12. The third kappa shape index (κ3) is 26.0. The second-order valence-corrected chi connectivity index (χ2v) is 10.3. The van der Waals surface area contributed by atoms with Crippen LogP contribution < -0.4 is 0 Å². The van der Waals surface area contributed by atoms with Crippen LogP contribution in [0.3, 0.4) is 0 Å². The Morgan fingerprint density at radius 3 is 1.56 bits per heavy atom. The monoisotopic (exact) mass is 594 g/mol. The molecule has 0 saturated heterocycles. The van der Waals surface area contributed by atoms with Crippen LogP contribution in [0.5, 0.6) is 0 Å². The van der Waals surface area contributed by atoms with Crippen molar-refractivity contribution in [3.8, 4) is 0 Å². The molecule has 0 aromatic heterocycles. The van der Waals surface area contributed by atoms with E-state index in [1.54, 1.807) is 0 Å². The molecule has 0 aliphatic carbocycles. The molecular formula is C28H51IO5. The number of rotatable bonds is 25. The highest BCUT2D eigenvalue weighted by atomic mass is 127. The molecule has 200 valence electrons. The normalized spacial score (nSPS) is 12.2. The third-order valence-corrected chi connectivity index (χ3v) is 6.54. The van der Waals surface area contributed by atoms with Gasteiger partial charge in [-0.3, -0.25) is 9.59 Å². The van der Waals surface area contributed by atoms with Crippen LogP contribution in [0.1, 0.15) is 129 Å². The van der Waals surface area contributed by atoms with Gasteiger partial charge in [0.1, 0.15) is 19.3 Å². The number of aliphatic hydroxyl groups is 1. The summed E-state index contributed by atoms with van der Waals surface area (Å²) in [5, 5.41) is 9.85. The minimum Gasteiger partial charge on any atom is -0.463 e. The van der Waals surface area contributed by atoms with Gasteiger partial charge in [-0.2, -0.15) is 0 Å². The van der Waals surface area contributed by atoms with Gasteiger partial charge in [-0.15, -0.1) is 0 Å². The van der Waals surface area contributed by atoms with Gasteiger partial charge in [0.05, 0.1) is 0 Å². The Kier molecular flexibility index (Phi) is 26.5. The number of ether oxygens (including phenoxy) is 2. The third-order valence-electron chi connectivity index (χ3n) is 5.78. The van der Waals surface area contributed by atoms with E-state index in [9.17, 15) is 14.7 Å². The highest BCUT2D eigenvalue weighted by molar-refractivity contribution is 14.1. The van der Waals surface area contributed by atoms with Crippen LogP contribution in [0.15, 0.2) is 12.2 Å². The number of carbonyl (C=O) groups excluding carboxylic acids is 2. The van der Waals surface area contributed by atoms with E-state index in [4.69, 9.17) is 9.47 Å². The maximum absolute atomic E-state index is 11.8. The Morgan fingerprint density at radius 1 is 0.676 bits per heavy atom. The molecule has 0 radical (unpaired) electrons. The first-order valence-corrected chi connectivity index (χ1v) is 15.3. The van der Waals surface area contributed by atoms with Crippen LogP contribution in [0.2, 0.25) is 0 Å². The van der Waals surface area contributed by atoms with Gasteiger partial charge >= 0.3 is 11.9 Å². The zero-order chi connectivity index (χ0) is 25.1. The molecule has 0 heterocycles. The van der Waals surface area contributed by atoms with E-state index in [0.29, 0.717) is 12.8 Å². The molecule has 0 fully saturated rings. The maximum Gasteiger partial charge on any atom is 0.305 e. The molecule has 34 heavy (non-hydrogen) atoms. The van der Waals surface area contributed by atoms with Gasteiger partial charge in [0, 0.05) is 12.8 Å². The summed E-state index contributed by atoms with van der Waals surface area (Å²) in [6, 6.07) is 0. The lowest BCUT2D eigenvalue weighted by molar-refractivity contribution is -0.152. The fraction of sp³-hybridized carbons (Fsp3) is 0.857. The standard InChI is InChI=1S/C28H51IO5/c1-2-3-4-5-6-7-8-9-10-11-12-13-15-18-21-27(31)33-24-26(30)25-34-28(32)22-19-16-14-17-20-23-29/h8-9,26,30H,2-7,10-25H2,1H3/b9-8-. The molecule has 0 saturated carbocycles. The molecule has 0 aliphatic heterocycles. The van der Waals surface area contributed by atoms with E-state index in [0.717, 1.165) is 44.9 Å². The number of aliphatic hydroxyl groups excluding tert-OH is 1.